The summed E-state index contributed by atoms with van der Waals surface area (Å²) >= 11 is 0. The zero-order valence-corrected chi connectivity index (χ0v) is 12.3. The summed E-state index contributed by atoms with van der Waals surface area (Å²) in [5.41, 5.74) is 6.40. The normalized spacial score (nSPS) is 18.4. The fraction of sp³-hybridized carbons (Fsp3) is 0.500. The number of nitrogens with zero attached hydrogens (tertiary/aromatic N) is 2. The van der Waals surface area contributed by atoms with Crippen LogP contribution < -0.4 is 16.0 Å². The molecule has 1 aromatic heterocycles. The fourth-order valence-corrected chi connectivity index (χ4v) is 2.37. The lowest BCUT2D eigenvalue weighted by molar-refractivity contribution is -0.144. The van der Waals surface area contributed by atoms with Crippen molar-refractivity contribution in [2.24, 2.45) is 5.73 Å². The number of nitrogens with one attached hydrogen (secondary N) is 1. The summed E-state index contributed by atoms with van der Waals surface area (Å²) in [5.74, 6) is -0.235. The Morgan fingerprint density at radius 1 is 1.52 bits per heavy atom. The van der Waals surface area contributed by atoms with Crippen molar-refractivity contribution in [1.82, 2.24) is 10.3 Å². The number of carbonyl (C=O) groups excluding carboxylic acids is 2. The van der Waals surface area contributed by atoms with Gasteiger partial charge in [-0.05, 0) is 26.0 Å². The minimum absolute atomic E-state index is 0.298. The van der Waals surface area contributed by atoms with Crippen molar-refractivity contribution >= 4 is 17.7 Å². The lowest BCUT2D eigenvalue weighted by Crippen LogP contribution is -2.56. The van der Waals surface area contributed by atoms with Crippen LogP contribution in [0.5, 0.6) is 0 Å². The van der Waals surface area contributed by atoms with Crippen molar-refractivity contribution in [3.63, 3.8) is 0 Å². The number of aromatic nitrogens is 1. The van der Waals surface area contributed by atoms with Gasteiger partial charge in [-0.3, -0.25) is 4.79 Å². The Bertz CT molecular complexity index is 547. The number of piperazine rings is 1. The summed E-state index contributed by atoms with van der Waals surface area (Å²) < 4.78 is 5.10. The van der Waals surface area contributed by atoms with Crippen molar-refractivity contribution in [2.75, 3.05) is 31.1 Å². The van der Waals surface area contributed by atoms with Crippen LogP contribution in [0, 0.1) is 6.92 Å². The summed E-state index contributed by atoms with van der Waals surface area (Å²) in [6.45, 7) is 5.72. The quantitative estimate of drug-likeness (QED) is 0.748. The molecule has 1 aliphatic heterocycles. The molecule has 2 heterocycles. The van der Waals surface area contributed by atoms with E-state index in [4.69, 9.17) is 10.5 Å². The Balaban J connectivity index is 2.32. The van der Waals surface area contributed by atoms with Crippen molar-refractivity contribution in [2.45, 2.75) is 19.9 Å². The fourth-order valence-electron chi connectivity index (χ4n) is 2.37. The van der Waals surface area contributed by atoms with Crippen LogP contribution in [0.3, 0.4) is 0 Å². The molecule has 1 amide bonds. The first-order valence-corrected chi connectivity index (χ1v) is 6.95. The van der Waals surface area contributed by atoms with Crippen LogP contribution in [-0.2, 0) is 9.53 Å². The number of esters is 1. The molecule has 1 unspecified atom stereocenters. The highest BCUT2D eigenvalue weighted by atomic mass is 16.5. The Hall–Kier alpha value is -2.15. The molecule has 0 spiro atoms. The van der Waals surface area contributed by atoms with Gasteiger partial charge in [0.15, 0.2) is 0 Å². The van der Waals surface area contributed by atoms with E-state index >= 15 is 0 Å². The third-order valence-electron chi connectivity index (χ3n) is 3.32. The molecule has 1 saturated heterocycles. The highest BCUT2D eigenvalue weighted by Gasteiger charge is 2.31. The molecular formula is C14H20N4O3. The average Bonchev–Trinajstić information content (AvgIpc) is 2.46. The van der Waals surface area contributed by atoms with Gasteiger partial charge in [-0.1, -0.05) is 0 Å². The molecule has 7 nitrogen and oxygen atoms in total. The van der Waals surface area contributed by atoms with E-state index in [-0.39, 0.29) is 5.97 Å². The van der Waals surface area contributed by atoms with E-state index in [1.54, 1.807) is 26.0 Å². The van der Waals surface area contributed by atoms with E-state index < -0.39 is 11.9 Å². The van der Waals surface area contributed by atoms with Crippen LogP contribution in [-0.4, -0.2) is 49.1 Å². The number of rotatable bonds is 4. The number of hydrogen-bond donors (Lipinski definition) is 2. The van der Waals surface area contributed by atoms with Crippen LogP contribution >= 0.6 is 0 Å². The summed E-state index contributed by atoms with van der Waals surface area (Å²) in [4.78, 5) is 29.7. The first-order valence-electron chi connectivity index (χ1n) is 6.95. The summed E-state index contributed by atoms with van der Waals surface area (Å²) in [7, 11) is 0. The van der Waals surface area contributed by atoms with Crippen LogP contribution in [0.15, 0.2) is 12.1 Å². The minimum atomic E-state index is -0.510. The lowest BCUT2D eigenvalue weighted by atomic mass is 10.1. The summed E-state index contributed by atoms with van der Waals surface area (Å²) in [6.07, 6.45) is 0. The van der Waals surface area contributed by atoms with Gasteiger partial charge in [-0.15, -0.1) is 0 Å². The van der Waals surface area contributed by atoms with E-state index in [0.717, 1.165) is 6.54 Å². The lowest BCUT2D eigenvalue weighted by Gasteiger charge is -2.35. The number of nitrogens with two attached hydrogens (primary N) is 1. The monoisotopic (exact) mass is 292 g/mol. The highest BCUT2D eigenvalue weighted by molar-refractivity contribution is 5.93. The van der Waals surface area contributed by atoms with Gasteiger partial charge < -0.3 is 20.7 Å². The van der Waals surface area contributed by atoms with Gasteiger partial charge in [0.05, 0.1) is 6.61 Å². The van der Waals surface area contributed by atoms with Crippen LogP contribution in [0.1, 0.15) is 23.0 Å². The molecule has 3 N–H and O–H groups in total. The number of aryl methyl sites for hydroxylation is 1. The molecule has 1 aliphatic rings. The van der Waals surface area contributed by atoms with E-state index in [9.17, 15) is 9.59 Å². The smallest absolute Gasteiger partial charge is 0.330 e. The van der Waals surface area contributed by atoms with Crippen molar-refractivity contribution < 1.29 is 14.3 Å². The molecule has 0 radical (unpaired) electrons. The number of anilines is 1. The Morgan fingerprint density at radius 3 is 2.95 bits per heavy atom. The third kappa shape index (κ3) is 3.49. The molecule has 1 atom stereocenters. The molecule has 1 aromatic rings. The van der Waals surface area contributed by atoms with Gasteiger partial charge in [-0.25, -0.2) is 9.78 Å². The Kier molecular flexibility index (Phi) is 4.74. The number of amides is 1. The molecule has 2 rings (SSSR count). The predicted octanol–water partition coefficient (Wildman–Crippen LogP) is -0.170. The first kappa shape index (κ1) is 15.2. The largest absolute Gasteiger partial charge is 0.464 e. The molecule has 21 heavy (non-hydrogen) atoms. The second kappa shape index (κ2) is 6.53. The number of hydrogen-bond acceptors (Lipinski definition) is 6. The average molecular weight is 292 g/mol. The Morgan fingerprint density at radius 2 is 2.29 bits per heavy atom. The molecular weight excluding hydrogens is 272 g/mol. The van der Waals surface area contributed by atoms with Crippen molar-refractivity contribution in [1.29, 1.82) is 0 Å². The van der Waals surface area contributed by atoms with Gasteiger partial charge in [0.2, 0.25) is 5.91 Å². The highest BCUT2D eigenvalue weighted by Crippen LogP contribution is 2.19. The van der Waals surface area contributed by atoms with E-state index in [1.807, 2.05) is 4.90 Å². The van der Waals surface area contributed by atoms with Gasteiger partial charge in [0.1, 0.15) is 11.9 Å². The SMILES string of the molecule is CCOC(=O)C1CNCCN1c1cc(C(N)=O)cc(C)n1. The van der Waals surface area contributed by atoms with E-state index in [1.165, 1.54) is 0 Å². The molecule has 7 heteroatoms. The van der Waals surface area contributed by atoms with Gasteiger partial charge in [0.25, 0.3) is 0 Å². The molecule has 0 aromatic carbocycles. The standard InChI is InChI=1S/C14H20N4O3/c1-3-21-14(20)11-8-16-4-5-18(11)12-7-10(13(15)19)6-9(2)17-12/h6-7,11,16H,3-5,8H2,1-2H3,(H2,15,19). The second-order valence-electron chi connectivity index (χ2n) is 4.89. The van der Waals surface area contributed by atoms with Crippen LogP contribution in [0.2, 0.25) is 0 Å². The maximum absolute atomic E-state index is 12.1. The Labute approximate surface area is 123 Å². The molecule has 1 fully saturated rings. The third-order valence-corrected chi connectivity index (χ3v) is 3.32. The zero-order chi connectivity index (χ0) is 15.4. The molecule has 114 valence electrons. The van der Waals surface area contributed by atoms with Gasteiger partial charge in [-0.2, -0.15) is 0 Å². The van der Waals surface area contributed by atoms with Crippen molar-refractivity contribution in [3.8, 4) is 0 Å². The topological polar surface area (TPSA) is 97.5 Å². The second-order valence-corrected chi connectivity index (χ2v) is 4.89. The van der Waals surface area contributed by atoms with E-state index in [2.05, 4.69) is 10.3 Å². The number of pyridine rings is 1. The van der Waals surface area contributed by atoms with Gasteiger partial charge >= 0.3 is 5.97 Å². The summed E-state index contributed by atoms with van der Waals surface area (Å²) in [5, 5.41) is 3.16. The number of carbonyl (C=O) groups is 2. The minimum Gasteiger partial charge on any atom is -0.464 e. The summed E-state index contributed by atoms with van der Waals surface area (Å²) in [6, 6.07) is 2.80. The van der Waals surface area contributed by atoms with E-state index in [0.29, 0.717) is 36.8 Å². The maximum Gasteiger partial charge on any atom is 0.330 e. The van der Waals surface area contributed by atoms with Crippen molar-refractivity contribution in [3.05, 3.63) is 23.4 Å². The maximum atomic E-state index is 12.1. The molecule has 0 bridgehead atoms. The van der Waals surface area contributed by atoms with Gasteiger partial charge in [0, 0.05) is 30.9 Å². The zero-order valence-electron chi connectivity index (χ0n) is 12.3. The van der Waals surface area contributed by atoms with Crippen LogP contribution in [0.4, 0.5) is 5.82 Å². The molecule has 0 saturated carbocycles. The molecule has 0 aliphatic carbocycles. The predicted molar refractivity (Wildman–Crippen MR) is 78.1 cm³/mol. The first-order chi connectivity index (χ1) is 10.0. The number of ether oxygens (including phenoxy) is 1. The number of primary amides is 1. The van der Waals surface area contributed by atoms with Crippen LogP contribution in [0.25, 0.3) is 0 Å².